The Morgan fingerprint density at radius 1 is 1.03 bits per heavy atom. The Bertz CT molecular complexity index is 1010. The van der Waals surface area contributed by atoms with Crippen LogP contribution in [0.15, 0.2) is 42.5 Å². The Kier molecular flexibility index (Phi) is 8.13. The molecular weight excluding hydrogens is 436 g/mol. The molecule has 0 unspecified atom stereocenters. The summed E-state index contributed by atoms with van der Waals surface area (Å²) in [6, 6.07) is 15.2. The monoisotopic (exact) mass is 468 g/mol. The van der Waals surface area contributed by atoms with Crippen LogP contribution in [-0.2, 0) is 24.5 Å². The number of rotatable bonds is 8. The predicted octanol–water partition coefficient (Wildman–Crippen LogP) is 0.567. The van der Waals surface area contributed by atoms with Gasteiger partial charge in [0.25, 0.3) is 0 Å². The van der Waals surface area contributed by atoms with Crippen LogP contribution < -0.4 is 5.32 Å². The van der Waals surface area contributed by atoms with Gasteiger partial charge >= 0.3 is 0 Å². The van der Waals surface area contributed by atoms with Crippen LogP contribution in [0.1, 0.15) is 28.7 Å². The summed E-state index contributed by atoms with van der Waals surface area (Å²) in [6.07, 6.45) is -2.55. The highest BCUT2D eigenvalue weighted by molar-refractivity contribution is 5.52. The number of aliphatic hydroxyl groups excluding tert-OH is 4. The van der Waals surface area contributed by atoms with Gasteiger partial charge in [-0.1, -0.05) is 24.3 Å². The lowest BCUT2D eigenvalue weighted by molar-refractivity contribution is -0.147. The first-order valence-corrected chi connectivity index (χ1v) is 11.6. The van der Waals surface area contributed by atoms with Crippen LogP contribution in [0.5, 0.6) is 0 Å². The number of hydroxylamine groups is 2. The van der Waals surface area contributed by atoms with Crippen LogP contribution in [0.3, 0.4) is 0 Å². The van der Waals surface area contributed by atoms with Crippen LogP contribution in [0.2, 0.25) is 0 Å². The third kappa shape index (κ3) is 5.92. The molecule has 9 heteroatoms. The number of piperidine rings is 1. The number of likely N-dealkylation sites (tertiary alicyclic amines) is 1. The van der Waals surface area contributed by atoms with Crippen molar-refractivity contribution in [2.75, 3.05) is 31.6 Å². The van der Waals surface area contributed by atoms with Gasteiger partial charge in [-0.05, 0) is 41.3 Å². The van der Waals surface area contributed by atoms with E-state index in [1.807, 2.05) is 47.5 Å². The molecule has 2 aromatic carbocycles. The summed E-state index contributed by atoms with van der Waals surface area (Å²) in [4.78, 5) is 7.36. The topological polar surface area (TPSA) is 132 Å². The lowest BCUT2D eigenvalue weighted by atomic mass is 9.93. The molecule has 2 heterocycles. The van der Waals surface area contributed by atoms with E-state index in [-0.39, 0.29) is 13.2 Å². The molecule has 2 saturated heterocycles. The summed E-state index contributed by atoms with van der Waals surface area (Å²) in [5.41, 5.74) is 4.45. The van der Waals surface area contributed by atoms with E-state index in [1.165, 1.54) is 0 Å². The second-order valence-corrected chi connectivity index (χ2v) is 8.98. The largest absolute Gasteiger partial charge is 0.395 e. The number of β-amino-alcohol motifs (C(OH)–C–C–N with tert-alkyl or cyclic N) is 1. The van der Waals surface area contributed by atoms with E-state index >= 15 is 0 Å². The van der Waals surface area contributed by atoms with E-state index in [1.54, 1.807) is 4.90 Å². The number of aliphatic hydroxyl groups is 4. The highest BCUT2D eigenvalue weighted by Gasteiger charge is 2.40. The Morgan fingerprint density at radius 3 is 2.59 bits per heavy atom. The standard InChI is InChI=1S/C25H32N4O5/c26-11-19-8-20(14-29-5-2-6-34-29)10-21(9-19)27-12-17-3-1-4-18(7-17)13-28-15-23(31)25(33)24(32)22(28)16-30/h1,3-4,7-10,22-25,27,30-33H,2,5-6,12-16H2/t22-,23+,24-,25-/m1/s1. The van der Waals surface area contributed by atoms with Crippen LogP contribution in [0.25, 0.3) is 0 Å². The highest BCUT2D eigenvalue weighted by Crippen LogP contribution is 2.23. The Labute approximate surface area is 199 Å². The maximum atomic E-state index is 10.2. The van der Waals surface area contributed by atoms with Gasteiger partial charge in [0.05, 0.1) is 37.0 Å². The van der Waals surface area contributed by atoms with E-state index in [0.717, 1.165) is 42.0 Å². The van der Waals surface area contributed by atoms with E-state index in [9.17, 15) is 25.7 Å². The lowest BCUT2D eigenvalue weighted by Crippen LogP contribution is -2.62. The van der Waals surface area contributed by atoms with Crippen molar-refractivity contribution in [1.29, 1.82) is 5.26 Å². The van der Waals surface area contributed by atoms with Gasteiger partial charge in [0.1, 0.15) is 12.2 Å². The molecule has 0 amide bonds. The van der Waals surface area contributed by atoms with Gasteiger partial charge < -0.3 is 25.7 Å². The Morgan fingerprint density at radius 2 is 1.85 bits per heavy atom. The van der Waals surface area contributed by atoms with Crippen molar-refractivity contribution in [3.63, 3.8) is 0 Å². The first-order chi connectivity index (χ1) is 16.5. The first kappa shape index (κ1) is 24.6. The number of anilines is 1. The van der Waals surface area contributed by atoms with Gasteiger partial charge in [0.15, 0.2) is 0 Å². The zero-order valence-corrected chi connectivity index (χ0v) is 19.0. The summed E-state index contributed by atoms with van der Waals surface area (Å²) in [5.74, 6) is 0. The third-order valence-electron chi connectivity index (χ3n) is 6.40. The van der Waals surface area contributed by atoms with Crippen LogP contribution in [0.4, 0.5) is 5.69 Å². The van der Waals surface area contributed by atoms with Gasteiger partial charge in [0.2, 0.25) is 0 Å². The van der Waals surface area contributed by atoms with Crippen molar-refractivity contribution in [3.8, 4) is 6.07 Å². The van der Waals surface area contributed by atoms with Crippen molar-refractivity contribution in [2.24, 2.45) is 0 Å². The molecule has 182 valence electrons. The number of hydrogen-bond acceptors (Lipinski definition) is 9. The molecule has 2 aromatic rings. The molecule has 0 aromatic heterocycles. The van der Waals surface area contributed by atoms with E-state index in [4.69, 9.17) is 4.84 Å². The molecule has 2 aliphatic heterocycles. The molecule has 0 spiro atoms. The third-order valence-corrected chi connectivity index (χ3v) is 6.40. The van der Waals surface area contributed by atoms with E-state index < -0.39 is 24.4 Å². The maximum Gasteiger partial charge on any atom is 0.109 e. The highest BCUT2D eigenvalue weighted by atomic mass is 16.7. The normalized spacial score (nSPS) is 25.9. The smallest absolute Gasteiger partial charge is 0.109 e. The lowest BCUT2D eigenvalue weighted by Gasteiger charge is -2.43. The molecule has 0 aliphatic carbocycles. The van der Waals surface area contributed by atoms with Gasteiger partial charge in [-0.15, -0.1) is 0 Å². The van der Waals surface area contributed by atoms with Crippen LogP contribution in [-0.4, -0.2) is 81.0 Å². The van der Waals surface area contributed by atoms with Crippen molar-refractivity contribution in [1.82, 2.24) is 9.96 Å². The van der Waals surface area contributed by atoms with E-state index in [0.29, 0.717) is 25.2 Å². The van der Waals surface area contributed by atoms with Crippen molar-refractivity contribution in [3.05, 3.63) is 64.7 Å². The molecule has 0 saturated carbocycles. The predicted molar refractivity (Wildman–Crippen MR) is 125 cm³/mol. The molecule has 0 radical (unpaired) electrons. The zero-order chi connectivity index (χ0) is 24.1. The number of nitrogens with zero attached hydrogens (tertiary/aromatic N) is 3. The number of nitriles is 1. The maximum absolute atomic E-state index is 10.2. The fourth-order valence-corrected chi connectivity index (χ4v) is 4.61. The zero-order valence-electron chi connectivity index (χ0n) is 19.0. The molecule has 9 nitrogen and oxygen atoms in total. The van der Waals surface area contributed by atoms with Gasteiger partial charge in [-0.25, -0.2) is 0 Å². The minimum absolute atomic E-state index is 0.163. The van der Waals surface area contributed by atoms with E-state index in [2.05, 4.69) is 11.4 Å². The molecule has 2 fully saturated rings. The van der Waals surface area contributed by atoms with Crippen LogP contribution >= 0.6 is 0 Å². The SMILES string of the molecule is N#Cc1cc(CN2CCCO2)cc(NCc2cccc(CN3C[C@H](O)[C@@H](O)[C@H](O)[C@H]3CO)c2)c1. The molecule has 34 heavy (non-hydrogen) atoms. The molecule has 4 rings (SSSR count). The Balaban J connectivity index is 1.41. The summed E-state index contributed by atoms with van der Waals surface area (Å²) >= 11 is 0. The molecule has 4 atom stereocenters. The summed E-state index contributed by atoms with van der Waals surface area (Å²) in [7, 11) is 0. The average Bonchev–Trinajstić information content (AvgIpc) is 3.34. The second kappa shape index (κ2) is 11.3. The average molecular weight is 469 g/mol. The summed E-state index contributed by atoms with van der Waals surface area (Å²) < 4.78 is 0. The molecule has 2 aliphatic rings. The molecular formula is C25H32N4O5. The van der Waals surface area contributed by atoms with Crippen molar-refractivity contribution in [2.45, 2.75) is 50.4 Å². The summed E-state index contributed by atoms with van der Waals surface area (Å²) in [6.45, 7) is 3.07. The minimum Gasteiger partial charge on any atom is -0.395 e. The van der Waals surface area contributed by atoms with Gasteiger partial charge in [-0.3, -0.25) is 9.74 Å². The van der Waals surface area contributed by atoms with Crippen LogP contribution in [0, 0.1) is 11.3 Å². The number of benzene rings is 2. The van der Waals surface area contributed by atoms with Gasteiger partial charge in [0, 0.05) is 38.4 Å². The van der Waals surface area contributed by atoms with Crippen molar-refractivity contribution >= 4 is 5.69 Å². The number of hydrogen-bond donors (Lipinski definition) is 5. The molecule has 5 N–H and O–H groups in total. The Hall–Kier alpha value is -2.55. The summed E-state index contributed by atoms with van der Waals surface area (Å²) in [5, 5.41) is 54.6. The quantitative estimate of drug-likeness (QED) is 0.377. The number of nitrogens with one attached hydrogen (secondary N) is 1. The fourth-order valence-electron chi connectivity index (χ4n) is 4.61. The molecule has 0 bridgehead atoms. The minimum atomic E-state index is -1.27. The second-order valence-electron chi connectivity index (χ2n) is 8.98. The first-order valence-electron chi connectivity index (χ1n) is 11.6. The fraction of sp³-hybridized carbons (Fsp3) is 0.480. The van der Waals surface area contributed by atoms with Crippen molar-refractivity contribution < 1.29 is 25.3 Å². The van der Waals surface area contributed by atoms with Gasteiger partial charge in [-0.2, -0.15) is 10.3 Å².